The molecule has 4 rings (SSSR count). The number of carbonyl (C=O) groups excluding carboxylic acids is 1. The van der Waals surface area contributed by atoms with Crippen LogP contribution < -0.4 is 10.2 Å². The van der Waals surface area contributed by atoms with Gasteiger partial charge in [0, 0.05) is 43.6 Å². The van der Waals surface area contributed by atoms with Crippen LogP contribution >= 0.6 is 0 Å². The molecule has 2 aliphatic rings. The van der Waals surface area contributed by atoms with Crippen molar-refractivity contribution in [3.8, 4) is 0 Å². The maximum absolute atomic E-state index is 12.8. The van der Waals surface area contributed by atoms with Crippen molar-refractivity contribution in [2.75, 3.05) is 29.9 Å². The van der Waals surface area contributed by atoms with Crippen molar-refractivity contribution in [2.45, 2.75) is 46.1 Å². The number of nitrogens with zero attached hydrogens (tertiary/aromatic N) is 4. The number of aromatic nitrogens is 2. The molecule has 6 nitrogen and oxygen atoms in total. The molecule has 0 spiro atoms. The van der Waals surface area contributed by atoms with Gasteiger partial charge in [-0.3, -0.25) is 0 Å². The van der Waals surface area contributed by atoms with E-state index in [4.69, 9.17) is 0 Å². The Hall–Kier alpha value is -2.63. The van der Waals surface area contributed by atoms with Crippen molar-refractivity contribution in [3.63, 3.8) is 0 Å². The molecular weight excluding hydrogens is 350 g/mol. The van der Waals surface area contributed by atoms with Gasteiger partial charge in [0.15, 0.2) is 0 Å². The second kappa shape index (κ2) is 8.17. The minimum atomic E-state index is -0.0632. The minimum Gasteiger partial charge on any atom is -0.371 e. The predicted molar refractivity (Wildman–Crippen MR) is 112 cm³/mol. The molecule has 6 heteroatoms. The third kappa shape index (κ3) is 4.11. The highest BCUT2D eigenvalue weighted by Crippen LogP contribution is 2.26. The number of anilines is 2. The summed E-state index contributed by atoms with van der Waals surface area (Å²) in [4.78, 5) is 26.1. The molecule has 148 valence electrons. The van der Waals surface area contributed by atoms with Gasteiger partial charge >= 0.3 is 6.03 Å². The topological polar surface area (TPSA) is 61.4 Å². The second-order valence-corrected chi connectivity index (χ2v) is 7.93. The van der Waals surface area contributed by atoms with Crippen LogP contribution in [0.15, 0.2) is 30.5 Å². The summed E-state index contributed by atoms with van der Waals surface area (Å²) in [6, 6.07) is 8.14. The fraction of sp³-hybridized carbons (Fsp3) is 0.500. The Balaban J connectivity index is 1.42. The summed E-state index contributed by atoms with van der Waals surface area (Å²) in [6.07, 6.45) is 5.98. The van der Waals surface area contributed by atoms with Gasteiger partial charge in [0.05, 0.1) is 12.2 Å². The number of carbonyl (C=O) groups is 1. The zero-order chi connectivity index (χ0) is 19.5. The van der Waals surface area contributed by atoms with E-state index >= 15 is 0 Å². The Morgan fingerprint density at radius 2 is 2.07 bits per heavy atom. The summed E-state index contributed by atoms with van der Waals surface area (Å²) in [5.74, 6) is 1.64. The highest BCUT2D eigenvalue weighted by molar-refractivity contribution is 5.90. The number of benzene rings is 1. The zero-order valence-corrected chi connectivity index (χ0v) is 16.8. The first kappa shape index (κ1) is 18.7. The first-order valence-electron chi connectivity index (χ1n) is 10.4. The molecule has 0 saturated carbocycles. The number of hydrogen-bond acceptors (Lipinski definition) is 4. The van der Waals surface area contributed by atoms with Crippen molar-refractivity contribution < 1.29 is 4.79 Å². The summed E-state index contributed by atoms with van der Waals surface area (Å²) in [5, 5.41) is 3.08. The molecule has 1 fully saturated rings. The average Bonchev–Trinajstić information content (AvgIpc) is 2.73. The third-order valence-electron chi connectivity index (χ3n) is 5.85. The summed E-state index contributed by atoms with van der Waals surface area (Å²) in [5.41, 5.74) is 4.17. The van der Waals surface area contributed by atoms with Gasteiger partial charge in [-0.25, -0.2) is 14.8 Å². The first-order chi connectivity index (χ1) is 13.6. The fourth-order valence-electron chi connectivity index (χ4n) is 3.94. The van der Waals surface area contributed by atoms with Gasteiger partial charge < -0.3 is 15.1 Å². The van der Waals surface area contributed by atoms with Crippen molar-refractivity contribution >= 4 is 17.4 Å². The number of piperidine rings is 1. The molecule has 0 aliphatic carbocycles. The summed E-state index contributed by atoms with van der Waals surface area (Å²) in [7, 11) is 0. The van der Waals surface area contributed by atoms with E-state index in [2.05, 4.69) is 39.2 Å². The van der Waals surface area contributed by atoms with E-state index in [0.717, 1.165) is 54.6 Å². The summed E-state index contributed by atoms with van der Waals surface area (Å²) in [6.45, 7) is 7.77. The number of rotatable bonds is 3. The summed E-state index contributed by atoms with van der Waals surface area (Å²) < 4.78 is 0. The number of urea groups is 1. The van der Waals surface area contributed by atoms with E-state index in [0.29, 0.717) is 13.1 Å². The normalized spacial score (nSPS) is 17.4. The maximum Gasteiger partial charge on any atom is 0.322 e. The highest BCUT2D eigenvalue weighted by atomic mass is 16.2. The van der Waals surface area contributed by atoms with Gasteiger partial charge in [-0.05, 0) is 48.9 Å². The fourth-order valence-corrected chi connectivity index (χ4v) is 3.94. The lowest BCUT2D eigenvalue weighted by molar-refractivity contribution is 0.205. The molecule has 1 aromatic heterocycles. The van der Waals surface area contributed by atoms with Gasteiger partial charge in [0.25, 0.3) is 0 Å². The smallest absolute Gasteiger partial charge is 0.322 e. The van der Waals surface area contributed by atoms with E-state index < -0.39 is 0 Å². The molecule has 0 unspecified atom stereocenters. The molecule has 0 bridgehead atoms. The lowest BCUT2D eigenvalue weighted by atomic mass is 9.99. The Bertz CT molecular complexity index is 845. The maximum atomic E-state index is 12.8. The van der Waals surface area contributed by atoms with Crippen LogP contribution in [0.25, 0.3) is 0 Å². The van der Waals surface area contributed by atoms with Gasteiger partial charge in [-0.15, -0.1) is 0 Å². The molecule has 0 atom stereocenters. The number of aryl methyl sites for hydroxylation is 1. The Kier molecular flexibility index (Phi) is 5.46. The van der Waals surface area contributed by atoms with E-state index in [-0.39, 0.29) is 6.03 Å². The van der Waals surface area contributed by atoms with Gasteiger partial charge in [0.2, 0.25) is 0 Å². The van der Waals surface area contributed by atoms with Crippen molar-refractivity contribution in [1.29, 1.82) is 0 Å². The predicted octanol–water partition coefficient (Wildman–Crippen LogP) is 3.87. The van der Waals surface area contributed by atoms with Crippen LogP contribution in [0.1, 0.15) is 43.8 Å². The van der Waals surface area contributed by atoms with Crippen LogP contribution in [-0.4, -0.2) is 40.5 Å². The van der Waals surface area contributed by atoms with Crippen molar-refractivity contribution in [3.05, 3.63) is 47.5 Å². The van der Waals surface area contributed by atoms with E-state index in [1.807, 2.05) is 30.2 Å². The molecule has 2 aromatic rings. The zero-order valence-electron chi connectivity index (χ0n) is 16.8. The highest BCUT2D eigenvalue weighted by Gasteiger charge is 2.23. The average molecular weight is 380 g/mol. The molecule has 28 heavy (non-hydrogen) atoms. The van der Waals surface area contributed by atoms with Crippen molar-refractivity contribution in [2.24, 2.45) is 5.92 Å². The third-order valence-corrected chi connectivity index (χ3v) is 5.85. The Morgan fingerprint density at radius 3 is 2.86 bits per heavy atom. The Morgan fingerprint density at radius 1 is 1.25 bits per heavy atom. The molecule has 1 N–H and O–H groups in total. The number of hydrogen-bond donors (Lipinski definition) is 1. The number of amides is 2. The molecular formula is C22H29N5O. The lowest BCUT2D eigenvalue weighted by Crippen LogP contribution is -2.39. The Labute approximate surface area is 167 Å². The summed E-state index contributed by atoms with van der Waals surface area (Å²) >= 11 is 0. The van der Waals surface area contributed by atoms with Crippen LogP contribution in [-0.2, 0) is 19.4 Å². The standard InChI is InChI=1S/C22H29N5O/c1-3-21-23-14-17-9-12-27(15-20(17)25-21)22(28)24-18-5-4-6-19(13-18)26-10-7-16(2)8-11-26/h4-6,13-14,16H,3,7-12,15H2,1-2H3,(H,24,28). The first-order valence-corrected chi connectivity index (χ1v) is 10.4. The number of fused-ring (bicyclic) bond motifs is 1. The minimum absolute atomic E-state index is 0.0632. The second-order valence-electron chi connectivity index (χ2n) is 7.93. The molecule has 2 aliphatic heterocycles. The van der Waals surface area contributed by atoms with Crippen molar-refractivity contribution in [1.82, 2.24) is 14.9 Å². The molecule has 1 aromatic carbocycles. The SMILES string of the molecule is CCc1ncc2c(n1)CN(C(=O)Nc1cccc(N3CCC(C)CC3)c1)CC2. The van der Waals surface area contributed by atoms with E-state index in [1.54, 1.807) is 0 Å². The number of nitrogens with one attached hydrogen (secondary N) is 1. The molecule has 0 radical (unpaired) electrons. The van der Waals surface area contributed by atoms with Gasteiger partial charge in [-0.1, -0.05) is 19.9 Å². The van der Waals surface area contributed by atoms with Crippen LogP contribution in [0, 0.1) is 5.92 Å². The molecule has 3 heterocycles. The van der Waals surface area contributed by atoms with Crippen LogP contribution in [0.5, 0.6) is 0 Å². The monoisotopic (exact) mass is 379 g/mol. The molecule has 2 amide bonds. The lowest BCUT2D eigenvalue weighted by Gasteiger charge is -2.32. The van der Waals surface area contributed by atoms with E-state index in [1.165, 1.54) is 18.5 Å². The van der Waals surface area contributed by atoms with E-state index in [9.17, 15) is 4.79 Å². The van der Waals surface area contributed by atoms with Crippen LogP contribution in [0.2, 0.25) is 0 Å². The quantitative estimate of drug-likeness (QED) is 0.879. The largest absolute Gasteiger partial charge is 0.371 e. The van der Waals surface area contributed by atoms with Crippen LogP contribution in [0.3, 0.4) is 0 Å². The molecule has 1 saturated heterocycles. The van der Waals surface area contributed by atoms with Crippen LogP contribution in [0.4, 0.5) is 16.2 Å². The van der Waals surface area contributed by atoms with Gasteiger partial charge in [0.1, 0.15) is 5.82 Å². The van der Waals surface area contributed by atoms with Gasteiger partial charge in [-0.2, -0.15) is 0 Å².